The largest absolute Gasteiger partial charge is 0.471 e. The molecule has 2 aliphatic carbocycles. The van der Waals surface area contributed by atoms with E-state index in [1.165, 1.54) is 7.11 Å². The molecule has 2 fully saturated rings. The van der Waals surface area contributed by atoms with Crippen LogP contribution in [0.25, 0.3) is 0 Å². The number of benzene rings is 1. The van der Waals surface area contributed by atoms with Gasteiger partial charge < -0.3 is 19.1 Å². The fourth-order valence-corrected chi connectivity index (χ4v) is 5.72. The van der Waals surface area contributed by atoms with Crippen molar-refractivity contribution in [3.63, 3.8) is 0 Å². The van der Waals surface area contributed by atoms with Crippen molar-refractivity contribution in [1.82, 2.24) is 4.90 Å². The summed E-state index contributed by atoms with van der Waals surface area (Å²) >= 11 is 0. The van der Waals surface area contributed by atoms with E-state index >= 15 is 0 Å². The molecule has 1 heterocycles. The topological polar surface area (TPSA) is 65.1 Å². The molecule has 3 aliphatic rings. The van der Waals surface area contributed by atoms with Gasteiger partial charge in [-0.3, -0.25) is 9.59 Å². The van der Waals surface area contributed by atoms with Crippen molar-refractivity contribution in [3.05, 3.63) is 48.0 Å². The van der Waals surface area contributed by atoms with Gasteiger partial charge in [0.05, 0.1) is 24.1 Å². The molecule has 0 unspecified atom stereocenters. The summed E-state index contributed by atoms with van der Waals surface area (Å²) in [5.74, 6) is -2.38. The summed E-state index contributed by atoms with van der Waals surface area (Å²) in [6.07, 6.45) is 0.249. The SMILES string of the molecule is CO[C@@H]1COCC[C@@H]1N(C(=O)C(F)(F)F)[C@@H]1C=C[C@@](C(=O)OCc2ccccc2)(C2(C)CCC2)C1. The molecule has 0 N–H and O–H groups in total. The van der Waals surface area contributed by atoms with Crippen molar-refractivity contribution in [1.29, 1.82) is 0 Å². The highest BCUT2D eigenvalue weighted by molar-refractivity contribution is 5.85. The number of halogens is 3. The van der Waals surface area contributed by atoms with Crippen LogP contribution < -0.4 is 0 Å². The molecule has 9 heteroatoms. The van der Waals surface area contributed by atoms with Crippen LogP contribution in [-0.2, 0) is 30.4 Å². The first-order chi connectivity index (χ1) is 16.6. The third-order valence-electron chi connectivity index (χ3n) is 8.01. The lowest BCUT2D eigenvalue weighted by Gasteiger charge is -2.51. The van der Waals surface area contributed by atoms with Gasteiger partial charge in [-0.1, -0.05) is 55.8 Å². The highest BCUT2D eigenvalue weighted by Gasteiger charge is 2.60. The maximum atomic E-state index is 13.7. The maximum Gasteiger partial charge on any atom is 0.471 e. The van der Waals surface area contributed by atoms with E-state index in [9.17, 15) is 22.8 Å². The van der Waals surface area contributed by atoms with Crippen LogP contribution in [0.4, 0.5) is 13.2 Å². The fraction of sp³-hybridized carbons (Fsp3) is 0.615. The summed E-state index contributed by atoms with van der Waals surface area (Å²) in [7, 11) is 1.40. The molecule has 4 atom stereocenters. The van der Waals surface area contributed by atoms with E-state index in [1.807, 2.05) is 37.3 Å². The summed E-state index contributed by atoms with van der Waals surface area (Å²) in [5, 5.41) is 0. The molecule has 0 aromatic heterocycles. The van der Waals surface area contributed by atoms with Crippen molar-refractivity contribution in [2.75, 3.05) is 20.3 Å². The quantitative estimate of drug-likeness (QED) is 0.414. The number of methoxy groups -OCH3 is 1. The summed E-state index contributed by atoms with van der Waals surface area (Å²) in [6, 6.07) is 7.52. The molecule has 4 rings (SSSR count). The van der Waals surface area contributed by atoms with Crippen LogP contribution in [-0.4, -0.2) is 61.5 Å². The standard InChI is InChI=1S/C26H32F3NO5/c1-24(11-6-12-24)25(23(32)35-16-18-7-4-3-5-8-18)13-9-19(15-25)30(22(31)26(27,28)29)20-10-14-34-17-21(20)33-2/h3-5,7-9,13,19-21H,6,10-12,14-17H2,1-2H3/t19-,20+,21-,25-/m1/s1. The van der Waals surface area contributed by atoms with Crippen LogP contribution in [0, 0.1) is 10.8 Å². The van der Waals surface area contributed by atoms with Gasteiger partial charge in [0.1, 0.15) is 12.7 Å². The minimum Gasteiger partial charge on any atom is -0.460 e. The van der Waals surface area contributed by atoms with Crippen LogP contribution in [0.1, 0.15) is 44.6 Å². The number of ether oxygens (including phenoxy) is 3. The fourth-order valence-electron chi connectivity index (χ4n) is 5.72. The summed E-state index contributed by atoms with van der Waals surface area (Å²) in [6.45, 7) is 2.38. The Labute approximate surface area is 203 Å². The molecular weight excluding hydrogens is 463 g/mol. The van der Waals surface area contributed by atoms with E-state index in [4.69, 9.17) is 14.2 Å². The molecule has 1 amide bonds. The van der Waals surface area contributed by atoms with E-state index in [0.29, 0.717) is 0 Å². The lowest BCUT2D eigenvalue weighted by Crippen LogP contribution is -2.59. The molecule has 192 valence electrons. The van der Waals surface area contributed by atoms with Gasteiger partial charge in [-0.2, -0.15) is 13.2 Å². The van der Waals surface area contributed by atoms with Gasteiger partial charge in [0, 0.05) is 13.7 Å². The van der Waals surface area contributed by atoms with Crippen molar-refractivity contribution in [2.45, 2.75) is 70.0 Å². The monoisotopic (exact) mass is 495 g/mol. The minimum absolute atomic E-state index is 0.0483. The first kappa shape index (κ1) is 25.7. The van der Waals surface area contributed by atoms with Crippen LogP contribution in [0.2, 0.25) is 0 Å². The van der Waals surface area contributed by atoms with Gasteiger partial charge in [0.25, 0.3) is 0 Å². The van der Waals surface area contributed by atoms with Gasteiger partial charge in [-0.25, -0.2) is 0 Å². The summed E-state index contributed by atoms with van der Waals surface area (Å²) in [4.78, 5) is 27.1. The van der Waals surface area contributed by atoms with Gasteiger partial charge >= 0.3 is 18.1 Å². The molecule has 0 spiro atoms. The van der Waals surface area contributed by atoms with Crippen LogP contribution in [0.15, 0.2) is 42.5 Å². The molecular formula is C26H32F3NO5. The molecule has 1 aromatic carbocycles. The Hall–Kier alpha value is -2.39. The molecule has 1 aliphatic heterocycles. The van der Waals surface area contributed by atoms with E-state index in [1.54, 1.807) is 12.2 Å². The second kappa shape index (κ2) is 9.93. The maximum absolute atomic E-state index is 13.7. The van der Waals surface area contributed by atoms with Gasteiger partial charge in [0.15, 0.2) is 0 Å². The molecule has 1 saturated heterocycles. The molecule has 1 saturated carbocycles. The highest BCUT2D eigenvalue weighted by atomic mass is 19.4. The first-order valence-corrected chi connectivity index (χ1v) is 12.0. The number of nitrogens with zero attached hydrogens (tertiary/aromatic N) is 1. The lowest BCUT2D eigenvalue weighted by atomic mass is 9.53. The Bertz CT molecular complexity index is 946. The lowest BCUT2D eigenvalue weighted by molar-refractivity contribution is -0.197. The number of esters is 1. The average Bonchev–Trinajstić information content (AvgIpc) is 3.28. The molecule has 0 radical (unpaired) electrons. The second-order valence-electron chi connectivity index (χ2n) is 9.99. The van der Waals surface area contributed by atoms with Crippen molar-refractivity contribution in [2.24, 2.45) is 10.8 Å². The van der Waals surface area contributed by atoms with Gasteiger partial charge in [-0.05, 0) is 36.7 Å². The molecule has 35 heavy (non-hydrogen) atoms. The molecule has 0 bridgehead atoms. The number of carbonyl (C=O) groups is 2. The highest BCUT2D eigenvalue weighted by Crippen LogP contribution is 2.60. The molecule has 1 aromatic rings. The van der Waals surface area contributed by atoms with Crippen LogP contribution in [0.3, 0.4) is 0 Å². The first-order valence-electron chi connectivity index (χ1n) is 12.0. The number of carbonyl (C=O) groups excluding carboxylic acids is 2. The number of hydrogen-bond acceptors (Lipinski definition) is 5. The van der Waals surface area contributed by atoms with Crippen molar-refractivity contribution in [3.8, 4) is 0 Å². The average molecular weight is 496 g/mol. The smallest absolute Gasteiger partial charge is 0.460 e. The summed E-state index contributed by atoms with van der Waals surface area (Å²) < 4.78 is 57.7. The number of hydrogen-bond donors (Lipinski definition) is 0. The van der Waals surface area contributed by atoms with E-state index in [-0.39, 0.29) is 32.7 Å². The van der Waals surface area contributed by atoms with E-state index < -0.39 is 47.1 Å². The van der Waals surface area contributed by atoms with Crippen LogP contribution >= 0.6 is 0 Å². The predicted octanol–water partition coefficient (Wildman–Crippen LogP) is 4.43. The van der Waals surface area contributed by atoms with Gasteiger partial charge in [0.2, 0.25) is 0 Å². The zero-order valence-corrected chi connectivity index (χ0v) is 20.1. The Balaban J connectivity index is 1.62. The number of amides is 1. The van der Waals surface area contributed by atoms with Gasteiger partial charge in [-0.15, -0.1) is 0 Å². The van der Waals surface area contributed by atoms with Crippen molar-refractivity contribution >= 4 is 11.9 Å². The normalized spacial score (nSPS) is 29.9. The molecule has 6 nitrogen and oxygen atoms in total. The Morgan fingerprint density at radius 3 is 2.51 bits per heavy atom. The zero-order chi connectivity index (χ0) is 25.3. The van der Waals surface area contributed by atoms with E-state index in [0.717, 1.165) is 29.7 Å². The third kappa shape index (κ3) is 4.85. The number of alkyl halides is 3. The van der Waals surface area contributed by atoms with Crippen molar-refractivity contribution < 1.29 is 37.0 Å². The Morgan fingerprint density at radius 1 is 1.20 bits per heavy atom. The third-order valence-corrected chi connectivity index (χ3v) is 8.01. The Kier molecular flexibility index (Phi) is 7.29. The summed E-state index contributed by atoms with van der Waals surface area (Å²) in [5.41, 5.74) is -0.731. The van der Waals surface area contributed by atoms with E-state index in [2.05, 4.69) is 0 Å². The van der Waals surface area contributed by atoms with Crippen LogP contribution in [0.5, 0.6) is 0 Å². The zero-order valence-electron chi connectivity index (χ0n) is 20.1. The predicted molar refractivity (Wildman–Crippen MR) is 121 cm³/mol. The number of rotatable bonds is 7. The Morgan fingerprint density at radius 2 is 1.91 bits per heavy atom. The second-order valence-corrected chi connectivity index (χ2v) is 9.99. The minimum atomic E-state index is -5.05.